The van der Waals surface area contributed by atoms with Crippen LogP contribution >= 0.6 is 11.8 Å². The molecule has 1 atom stereocenters. The number of aromatic nitrogens is 4. The van der Waals surface area contributed by atoms with Crippen LogP contribution in [0.4, 0.5) is 0 Å². The highest BCUT2D eigenvalue weighted by atomic mass is 32.2. The fourth-order valence-electron chi connectivity index (χ4n) is 2.76. The molecule has 3 rings (SSSR count). The number of nitrogens with one attached hydrogen (secondary N) is 2. The van der Waals surface area contributed by atoms with E-state index in [2.05, 4.69) is 25.5 Å². The van der Waals surface area contributed by atoms with E-state index in [9.17, 15) is 9.59 Å². The Hall–Kier alpha value is -2.68. The quantitative estimate of drug-likeness (QED) is 0.473. The van der Waals surface area contributed by atoms with Gasteiger partial charge in [-0.2, -0.15) is 0 Å². The standard InChI is InChI=1S/C18H21N5O3S/c1-10(2)8-13(17(25)26-3)19-14(24)9-27-18-21-16-15(22-23-18)11-6-4-5-7-12(11)20-16/h4-7,10,13H,8-9H2,1-3H3,(H,19,24)(H,20,21,23)/t13-/m0/s1. The molecule has 1 amide bonds. The molecule has 0 saturated carbocycles. The second-order valence-electron chi connectivity index (χ2n) is 6.52. The van der Waals surface area contributed by atoms with Gasteiger partial charge in [0.2, 0.25) is 11.1 Å². The number of hydrogen-bond donors (Lipinski definition) is 2. The van der Waals surface area contributed by atoms with E-state index in [1.54, 1.807) is 0 Å². The van der Waals surface area contributed by atoms with E-state index >= 15 is 0 Å². The number of H-pyrrole nitrogens is 1. The van der Waals surface area contributed by atoms with Gasteiger partial charge in [-0.15, -0.1) is 10.2 Å². The first-order valence-electron chi connectivity index (χ1n) is 8.59. The molecule has 0 bridgehead atoms. The van der Waals surface area contributed by atoms with E-state index in [1.807, 2.05) is 38.1 Å². The van der Waals surface area contributed by atoms with Crippen molar-refractivity contribution < 1.29 is 14.3 Å². The van der Waals surface area contributed by atoms with Gasteiger partial charge in [-0.25, -0.2) is 9.78 Å². The molecule has 0 aliphatic rings. The number of methoxy groups -OCH3 is 1. The van der Waals surface area contributed by atoms with E-state index in [1.165, 1.54) is 7.11 Å². The van der Waals surface area contributed by atoms with Crippen LogP contribution in [0.2, 0.25) is 0 Å². The topological polar surface area (TPSA) is 110 Å². The molecule has 0 radical (unpaired) electrons. The molecular weight excluding hydrogens is 366 g/mol. The number of carbonyl (C=O) groups is 2. The van der Waals surface area contributed by atoms with Gasteiger partial charge in [-0.05, 0) is 18.4 Å². The maximum atomic E-state index is 12.2. The van der Waals surface area contributed by atoms with Crippen molar-refractivity contribution >= 4 is 45.7 Å². The zero-order valence-electron chi connectivity index (χ0n) is 15.4. The fourth-order valence-corrected chi connectivity index (χ4v) is 3.36. The van der Waals surface area contributed by atoms with Crippen LogP contribution in [0.5, 0.6) is 0 Å². The molecule has 1 aromatic carbocycles. The summed E-state index contributed by atoms with van der Waals surface area (Å²) >= 11 is 1.16. The third kappa shape index (κ3) is 4.54. The van der Waals surface area contributed by atoms with Crippen LogP contribution in [0.15, 0.2) is 29.4 Å². The van der Waals surface area contributed by atoms with Gasteiger partial charge in [-0.1, -0.05) is 43.8 Å². The number of amides is 1. The first-order valence-corrected chi connectivity index (χ1v) is 9.57. The van der Waals surface area contributed by atoms with Crippen molar-refractivity contribution in [2.45, 2.75) is 31.5 Å². The third-order valence-corrected chi connectivity index (χ3v) is 4.80. The monoisotopic (exact) mass is 387 g/mol. The Kier molecular flexibility index (Phi) is 5.90. The predicted octanol–water partition coefficient (Wildman–Crippen LogP) is 2.30. The molecule has 0 aliphatic heterocycles. The maximum absolute atomic E-state index is 12.2. The van der Waals surface area contributed by atoms with Crippen molar-refractivity contribution in [2.75, 3.05) is 12.9 Å². The number of esters is 1. The van der Waals surface area contributed by atoms with Crippen molar-refractivity contribution in [2.24, 2.45) is 5.92 Å². The highest BCUT2D eigenvalue weighted by Crippen LogP contribution is 2.23. The second kappa shape index (κ2) is 8.34. The van der Waals surface area contributed by atoms with Crippen LogP contribution in [-0.2, 0) is 14.3 Å². The number of hydrogen-bond acceptors (Lipinski definition) is 7. The zero-order chi connectivity index (χ0) is 19.4. The molecule has 0 fully saturated rings. The van der Waals surface area contributed by atoms with Gasteiger partial charge in [0.1, 0.15) is 11.6 Å². The van der Waals surface area contributed by atoms with Crippen LogP contribution in [0.3, 0.4) is 0 Å². The minimum Gasteiger partial charge on any atom is -0.467 e. The highest BCUT2D eigenvalue weighted by molar-refractivity contribution is 7.99. The van der Waals surface area contributed by atoms with Gasteiger partial charge in [0, 0.05) is 10.9 Å². The molecule has 3 aromatic rings. The lowest BCUT2D eigenvalue weighted by Gasteiger charge is -2.18. The van der Waals surface area contributed by atoms with Gasteiger partial charge >= 0.3 is 5.97 Å². The Morgan fingerprint density at radius 1 is 1.26 bits per heavy atom. The Bertz CT molecular complexity index is 972. The normalized spacial score (nSPS) is 12.4. The van der Waals surface area contributed by atoms with E-state index < -0.39 is 12.0 Å². The van der Waals surface area contributed by atoms with Gasteiger partial charge < -0.3 is 15.0 Å². The largest absolute Gasteiger partial charge is 0.467 e. The van der Waals surface area contributed by atoms with E-state index in [4.69, 9.17) is 4.74 Å². The number of benzene rings is 1. The molecule has 8 nitrogen and oxygen atoms in total. The summed E-state index contributed by atoms with van der Waals surface area (Å²) in [6, 6.07) is 7.10. The number of thioether (sulfide) groups is 1. The van der Waals surface area contributed by atoms with Gasteiger partial charge in [-0.3, -0.25) is 4.79 Å². The maximum Gasteiger partial charge on any atom is 0.328 e. The van der Waals surface area contributed by atoms with Crippen molar-refractivity contribution in [1.82, 2.24) is 25.5 Å². The molecule has 9 heteroatoms. The number of para-hydroxylation sites is 1. The molecule has 2 heterocycles. The predicted molar refractivity (Wildman–Crippen MR) is 103 cm³/mol. The molecule has 142 valence electrons. The van der Waals surface area contributed by atoms with Gasteiger partial charge in [0.25, 0.3) is 0 Å². The number of aromatic amines is 1. The third-order valence-electron chi connectivity index (χ3n) is 3.96. The average Bonchev–Trinajstić information content (AvgIpc) is 3.02. The molecule has 0 aliphatic carbocycles. The Balaban J connectivity index is 1.65. The first-order chi connectivity index (χ1) is 13.0. The summed E-state index contributed by atoms with van der Waals surface area (Å²) in [6.45, 7) is 3.96. The molecule has 27 heavy (non-hydrogen) atoms. The summed E-state index contributed by atoms with van der Waals surface area (Å²) in [4.78, 5) is 31.6. The lowest BCUT2D eigenvalue weighted by molar-refractivity contribution is -0.145. The van der Waals surface area contributed by atoms with Crippen molar-refractivity contribution in [3.63, 3.8) is 0 Å². The molecule has 2 N–H and O–H groups in total. The Morgan fingerprint density at radius 3 is 2.78 bits per heavy atom. The molecule has 2 aromatic heterocycles. The molecular formula is C18H21N5O3S. The lowest BCUT2D eigenvalue weighted by Crippen LogP contribution is -2.43. The van der Waals surface area contributed by atoms with Gasteiger partial charge in [0.15, 0.2) is 5.65 Å². The van der Waals surface area contributed by atoms with Crippen LogP contribution in [-0.4, -0.2) is 50.9 Å². The van der Waals surface area contributed by atoms with Crippen LogP contribution < -0.4 is 5.32 Å². The number of nitrogens with zero attached hydrogens (tertiary/aromatic N) is 3. The Morgan fingerprint density at radius 2 is 2.04 bits per heavy atom. The van der Waals surface area contributed by atoms with E-state index in [0.717, 1.165) is 22.7 Å². The van der Waals surface area contributed by atoms with Crippen LogP contribution in [0.1, 0.15) is 20.3 Å². The summed E-state index contributed by atoms with van der Waals surface area (Å²) in [5.74, 6) is -0.395. The summed E-state index contributed by atoms with van der Waals surface area (Å²) < 4.78 is 4.75. The average molecular weight is 387 g/mol. The summed E-state index contributed by atoms with van der Waals surface area (Å²) in [5.41, 5.74) is 2.26. The zero-order valence-corrected chi connectivity index (χ0v) is 16.2. The summed E-state index contributed by atoms with van der Waals surface area (Å²) in [5, 5.41) is 12.4. The minimum absolute atomic E-state index is 0.0823. The van der Waals surface area contributed by atoms with Gasteiger partial charge in [0.05, 0.1) is 12.9 Å². The summed E-state index contributed by atoms with van der Waals surface area (Å²) in [6.07, 6.45) is 0.516. The molecule has 0 unspecified atom stereocenters. The highest BCUT2D eigenvalue weighted by Gasteiger charge is 2.22. The van der Waals surface area contributed by atoms with Crippen molar-refractivity contribution in [1.29, 1.82) is 0 Å². The molecule has 0 spiro atoms. The van der Waals surface area contributed by atoms with E-state index in [-0.39, 0.29) is 17.6 Å². The number of fused-ring (bicyclic) bond motifs is 3. The lowest BCUT2D eigenvalue weighted by atomic mass is 10.0. The second-order valence-corrected chi connectivity index (χ2v) is 7.47. The smallest absolute Gasteiger partial charge is 0.328 e. The van der Waals surface area contributed by atoms with Crippen LogP contribution in [0.25, 0.3) is 22.1 Å². The number of carbonyl (C=O) groups excluding carboxylic acids is 2. The summed E-state index contributed by atoms with van der Waals surface area (Å²) in [7, 11) is 1.31. The van der Waals surface area contributed by atoms with Crippen molar-refractivity contribution in [3.05, 3.63) is 24.3 Å². The van der Waals surface area contributed by atoms with Crippen LogP contribution in [0, 0.1) is 5.92 Å². The van der Waals surface area contributed by atoms with E-state index in [0.29, 0.717) is 22.7 Å². The minimum atomic E-state index is -0.654. The number of ether oxygens (including phenoxy) is 1. The molecule has 0 saturated heterocycles. The fraction of sp³-hybridized carbons (Fsp3) is 0.389. The van der Waals surface area contributed by atoms with Crippen molar-refractivity contribution in [3.8, 4) is 0 Å². The Labute approximate surface area is 160 Å². The first kappa shape index (κ1) is 19.1. The SMILES string of the molecule is COC(=O)[C@H](CC(C)C)NC(=O)CSc1nnc2c(n1)[nH]c1ccccc12. The number of rotatable bonds is 7.